The van der Waals surface area contributed by atoms with Gasteiger partial charge < -0.3 is 0 Å². The summed E-state index contributed by atoms with van der Waals surface area (Å²) in [5.41, 5.74) is 2.39. The highest BCUT2D eigenvalue weighted by Crippen LogP contribution is 2.17. The minimum Gasteiger partial charge on any atom is -0.256 e. The van der Waals surface area contributed by atoms with Crippen molar-refractivity contribution >= 4 is 28.4 Å². The second kappa shape index (κ2) is 3.58. The smallest absolute Gasteiger partial charge is 0.0716 e. The summed E-state index contributed by atoms with van der Waals surface area (Å²) in [4.78, 5) is 4.23. The Bertz CT molecular complexity index is 443. The van der Waals surface area contributed by atoms with Gasteiger partial charge in [-0.1, -0.05) is 35.9 Å². The first-order chi connectivity index (χ1) is 6.42. The molecule has 0 radical (unpaired) electrons. The fraction of sp³-hybridized carbons (Fsp3) is 0. The summed E-state index contributed by atoms with van der Waals surface area (Å²) in [6.07, 6.45) is 3.58. The predicted octanol–water partition coefficient (Wildman–Crippen LogP) is 3.44. The Hall–Kier alpha value is -1.34. The SMILES string of the molecule is Cl/C=C/c1nccc2ccccc12. The lowest BCUT2D eigenvalue weighted by molar-refractivity contribution is 1.33. The van der Waals surface area contributed by atoms with Crippen molar-refractivity contribution in [1.82, 2.24) is 4.98 Å². The monoisotopic (exact) mass is 189 g/mol. The van der Waals surface area contributed by atoms with Crippen LogP contribution in [0, 0.1) is 0 Å². The Labute approximate surface area is 81.7 Å². The number of halogens is 1. The summed E-state index contributed by atoms with van der Waals surface area (Å²) in [5.74, 6) is 0. The summed E-state index contributed by atoms with van der Waals surface area (Å²) in [5, 5.41) is 2.31. The molecule has 0 atom stereocenters. The van der Waals surface area contributed by atoms with Crippen molar-refractivity contribution in [2.45, 2.75) is 0 Å². The van der Waals surface area contributed by atoms with E-state index in [2.05, 4.69) is 11.1 Å². The van der Waals surface area contributed by atoms with E-state index in [9.17, 15) is 0 Å². The van der Waals surface area contributed by atoms with E-state index in [1.165, 1.54) is 10.9 Å². The molecule has 0 fully saturated rings. The van der Waals surface area contributed by atoms with Gasteiger partial charge in [0.2, 0.25) is 0 Å². The lowest BCUT2D eigenvalue weighted by atomic mass is 10.1. The number of benzene rings is 1. The van der Waals surface area contributed by atoms with E-state index in [1.807, 2.05) is 24.3 Å². The van der Waals surface area contributed by atoms with Gasteiger partial charge in [0.1, 0.15) is 0 Å². The van der Waals surface area contributed by atoms with Crippen LogP contribution in [0.15, 0.2) is 42.1 Å². The molecule has 2 heteroatoms. The standard InChI is InChI=1S/C11H8ClN/c12-7-5-11-10-4-2-1-3-9(10)6-8-13-11/h1-8H/b7-5+. The first-order valence-corrected chi connectivity index (χ1v) is 4.46. The highest BCUT2D eigenvalue weighted by Gasteiger charge is 1.96. The number of rotatable bonds is 1. The van der Waals surface area contributed by atoms with E-state index in [4.69, 9.17) is 11.6 Å². The van der Waals surface area contributed by atoms with Crippen LogP contribution in [0.3, 0.4) is 0 Å². The summed E-state index contributed by atoms with van der Waals surface area (Å²) in [6, 6.07) is 10.1. The van der Waals surface area contributed by atoms with E-state index in [0.29, 0.717) is 0 Å². The number of nitrogens with zero attached hydrogens (tertiary/aromatic N) is 1. The van der Waals surface area contributed by atoms with Gasteiger partial charge in [0.05, 0.1) is 5.69 Å². The first-order valence-electron chi connectivity index (χ1n) is 4.02. The minimum atomic E-state index is 0.910. The second-order valence-corrected chi connectivity index (χ2v) is 2.96. The quantitative estimate of drug-likeness (QED) is 0.670. The highest BCUT2D eigenvalue weighted by atomic mass is 35.5. The predicted molar refractivity (Wildman–Crippen MR) is 56.6 cm³/mol. The maximum absolute atomic E-state index is 5.52. The van der Waals surface area contributed by atoms with Crippen molar-refractivity contribution in [3.05, 3.63) is 47.8 Å². The fourth-order valence-corrected chi connectivity index (χ4v) is 1.45. The lowest BCUT2D eigenvalue weighted by Crippen LogP contribution is -1.81. The zero-order valence-corrected chi connectivity index (χ0v) is 7.70. The molecule has 2 aromatic rings. The van der Waals surface area contributed by atoms with Crippen LogP contribution in [0.5, 0.6) is 0 Å². The van der Waals surface area contributed by atoms with Gasteiger partial charge in [0, 0.05) is 17.1 Å². The molecule has 0 spiro atoms. The molecule has 1 aromatic carbocycles. The lowest BCUT2D eigenvalue weighted by Gasteiger charge is -1.99. The molecule has 0 amide bonds. The first kappa shape index (κ1) is 8.27. The third kappa shape index (κ3) is 1.56. The number of hydrogen-bond acceptors (Lipinski definition) is 1. The van der Waals surface area contributed by atoms with Crippen molar-refractivity contribution in [2.75, 3.05) is 0 Å². The molecule has 0 aliphatic carbocycles. The molecule has 1 heterocycles. The minimum absolute atomic E-state index is 0.910. The molecule has 1 aromatic heterocycles. The van der Waals surface area contributed by atoms with Gasteiger partial charge in [0.25, 0.3) is 0 Å². The molecule has 0 N–H and O–H groups in total. The van der Waals surface area contributed by atoms with Crippen LogP contribution < -0.4 is 0 Å². The van der Waals surface area contributed by atoms with Gasteiger partial charge in [-0.2, -0.15) is 0 Å². The van der Waals surface area contributed by atoms with E-state index in [-0.39, 0.29) is 0 Å². The molecule has 0 saturated carbocycles. The molecule has 64 valence electrons. The van der Waals surface area contributed by atoms with Crippen LogP contribution in [0.1, 0.15) is 5.69 Å². The van der Waals surface area contributed by atoms with Crippen LogP contribution in [-0.4, -0.2) is 4.98 Å². The van der Waals surface area contributed by atoms with Crippen LogP contribution in [0.2, 0.25) is 0 Å². The van der Waals surface area contributed by atoms with Crippen molar-refractivity contribution in [3.63, 3.8) is 0 Å². The molecule has 13 heavy (non-hydrogen) atoms. The summed E-state index contributed by atoms with van der Waals surface area (Å²) in [7, 11) is 0. The molecule has 2 rings (SSSR count). The number of hydrogen-bond donors (Lipinski definition) is 0. The van der Waals surface area contributed by atoms with Crippen LogP contribution in [-0.2, 0) is 0 Å². The molecular formula is C11H8ClN. The Balaban J connectivity index is 2.75. The molecule has 1 nitrogen and oxygen atoms in total. The largest absolute Gasteiger partial charge is 0.256 e. The summed E-state index contributed by atoms with van der Waals surface area (Å²) < 4.78 is 0. The number of pyridine rings is 1. The van der Waals surface area contributed by atoms with Gasteiger partial charge in [-0.15, -0.1) is 0 Å². The normalized spacial score (nSPS) is 11.2. The highest BCUT2D eigenvalue weighted by molar-refractivity contribution is 6.27. The topological polar surface area (TPSA) is 12.9 Å². The molecule has 0 saturated heterocycles. The third-order valence-corrected chi connectivity index (χ3v) is 2.05. The van der Waals surface area contributed by atoms with E-state index in [0.717, 1.165) is 11.1 Å². The second-order valence-electron chi connectivity index (χ2n) is 2.71. The van der Waals surface area contributed by atoms with E-state index < -0.39 is 0 Å². The van der Waals surface area contributed by atoms with Crippen LogP contribution >= 0.6 is 11.6 Å². The van der Waals surface area contributed by atoms with Crippen molar-refractivity contribution in [1.29, 1.82) is 0 Å². The maximum atomic E-state index is 5.52. The molecular weight excluding hydrogens is 182 g/mol. The molecule has 0 unspecified atom stereocenters. The molecule has 0 aliphatic rings. The Kier molecular flexibility index (Phi) is 2.28. The molecule has 0 aliphatic heterocycles. The Morgan fingerprint density at radius 3 is 2.85 bits per heavy atom. The van der Waals surface area contributed by atoms with Gasteiger partial charge in [-0.25, -0.2) is 0 Å². The number of aromatic nitrogens is 1. The zero-order valence-electron chi connectivity index (χ0n) is 6.94. The third-order valence-electron chi connectivity index (χ3n) is 1.93. The summed E-state index contributed by atoms with van der Waals surface area (Å²) in [6.45, 7) is 0. The van der Waals surface area contributed by atoms with Gasteiger partial charge in [0.15, 0.2) is 0 Å². The van der Waals surface area contributed by atoms with Crippen LogP contribution in [0.4, 0.5) is 0 Å². The van der Waals surface area contributed by atoms with Crippen molar-refractivity contribution < 1.29 is 0 Å². The van der Waals surface area contributed by atoms with Gasteiger partial charge >= 0.3 is 0 Å². The maximum Gasteiger partial charge on any atom is 0.0716 e. The van der Waals surface area contributed by atoms with Crippen molar-refractivity contribution in [3.8, 4) is 0 Å². The van der Waals surface area contributed by atoms with E-state index in [1.54, 1.807) is 12.3 Å². The summed E-state index contributed by atoms with van der Waals surface area (Å²) >= 11 is 5.52. The van der Waals surface area contributed by atoms with Gasteiger partial charge in [-0.05, 0) is 17.5 Å². The fourth-order valence-electron chi connectivity index (χ4n) is 1.34. The van der Waals surface area contributed by atoms with Crippen molar-refractivity contribution in [2.24, 2.45) is 0 Å². The zero-order chi connectivity index (χ0) is 9.10. The van der Waals surface area contributed by atoms with E-state index >= 15 is 0 Å². The van der Waals surface area contributed by atoms with Gasteiger partial charge in [-0.3, -0.25) is 4.98 Å². The Morgan fingerprint density at radius 1 is 1.15 bits per heavy atom. The Morgan fingerprint density at radius 2 is 2.00 bits per heavy atom. The number of fused-ring (bicyclic) bond motifs is 1. The molecule has 0 bridgehead atoms. The van der Waals surface area contributed by atoms with Crippen LogP contribution in [0.25, 0.3) is 16.8 Å². The average molecular weight is 190 g/mol. The average Bonchev–Trinajstić information content (AvgIpc) is 2.19.